The zero-order chi connectivity index (χ0) is 27.4. The highest BCUT2D eigenvalue weighted by Crippen LogP contribution is 2.43. The number of hydrogen-bond acceptors (Lipinski definition) is 7. The lowest BCUT2D eigenvalue weighted by molar-refractivity contribution is -0.0536. The Kier molecular flexibility index (Phi) is 9.68. The Hall–Kier alpha value is -2.20. The van der Waals surface area contributed by atoms with Crippen molar-refractivity contribution in [2.75, 3.05) is 33.1 Å². The second-order valence-electron chi connectivity index (χ2n) is 10.1. The molecule has 38 heavy (non-hydrogen) atoms. The van der Waals surface area contributed by atoms with Crippen LogP contribution in [-0.2, 0) is 11.3 Å². The van der Waals surface area contributed by atoms with Gasteiger partial charge in [-0.15, -0.1) is 11.8 Å². The van der Waals surface area contributed by atoms with Crippen LogP contribution in [0.5, 0.6) is 11.5 Å². The Balaban J connectivity index is 1.39. The molecule has 2 aliphatic heterocycles. The summed E-state index contributed by atoms with van der Waals surface area (Å²) in [6.45, 7) is 8.45. The van der Waals surface area contributed by atoms with E-state index in [1.54, 1.807) is 13.2 Å². The van der Waals surface area contributed by atoms with E-state index in [1.807, 2.05) is 26.2 Å². The number of thioether (sulfide) groups is 1. The number of nitrogens with one attached hydrogen (secondary N) is 2. The van der Waals surface area contributed by atoms with Crippen molar-refractivity contribution in [2.24, 2.45) is 0 Å². The minimum atomic E-state index is -0.320. The van der Waals surface area contributed by atoms with Gasteiger partial charge in [-0.3, -0.25) is 14.5 Å². The third kappa shape index (κ3) is 6.33. The maximum absolute atomic E-state index is 13.2. The fourth-order valence-electron chi connectivity index (χ4n) is 5.18. The van der Waals surface area contributed by atoms with Crippen molar-refractivity contribution in [2.45, 2.75) is 76.1 Å². The van der Waals surface area contributed by atoms with Crippen LogP contribution >= 0.6 is 23.4 Å². The first-order chi connectivity index (χ1) is 18.2. The summed E-state index contributed by atoms with van der Waals surface area (Å²) in [5.41, 5.74) is 2.19. The van der Waals surface area contributed by atoms with E-state index in [0.717, 1.165) is 49.4 Å². The Morgan fingerprint density at radius 2 is 2.08 bits per heavy atom. The summed E-state index contributed by atoms with van der Waals surface area (Å²) in [5.74, 6) is 0.684. The minimum Gasteiger partial charge on any atom is -0.484 e. The Morgan fingerprint density at radius 3 is 2.76 bits per heavy atom. The van der Waals surface area contributed by atoms with Gasteiger partial charge in [0.15, 0.2) is 11.5 Å². The van der Waals surface area contributed by atoms with E-state index < -0.39 is 0 Å². The van der Waals surface area contributed by atoms with Gasteiger partial charge in [-0.2, -0.15) is 0 Å². The first kappa shape index (κ1) is 28.8. The number of nitrogens with zero attached hydrogens (tertiary/aromatic N) is 1. The average molecular weight is 564 g/mol. The van der Waals surface area contributed by atoms with Gasteiger partial charge < -0.3 is 24.5 Å². The maximum Gasteiger partial charge on any atom is 0.254 e. The number of rotatable bonds is 11. The molecule has 1 fully saturated rings. The molecule has 2 unspecified atom stereocenters. The number of H-pyrrole nitrogens is 1. The van der Waals surface area contributed by atoms with E-state index in [2.05, 4.69) is 22.1 Å². The number of pyridine rings is 1. The normalized spacial score (nSPS) is 18.2. The van der Waals surface area contributed by atoms with E-state index in [9.17, 15) is 9.59 Å². The van der Waals surface area contributed by atoms with Crippen molar-refractivity contribution >= 4 is 29.3 Å². The predicted molar refractivity (Wildman–Crippen MR) is 151 cm³/mol. The molecule has 208 valence electrons. The monoisotopic (exact) mass is 563 g/mol. The van der Waals surface area contributed by atoms with Gasteiger partial charge in [-0.05, 0) is 57.9 Å². The lowest BCUT2D eigenvalue weighted by Crippen LogP contribution is -2.56. The topological polar surface area (TPSA) is 92.9 Å². The van der Waals surface area contributed by atoms with Crippen LogP contribution in [0.4, 0.5) is 0 Å². The van der Waals surface area contributed by atoms with Crippen LogP contribution in [0.1, 0.15) is 59.8 Å². The summed E-state index contributed by atoms with van der Waals surface area (Å²) in [6, 6.07) is 4.07. The number of aromatic amines is 1. The average Bonchev–Trinajstić information content (AvgIpc) is 2.87. The second kappa shape index (κ2) is 12.8. The first-order valence-electron chi connectivity index (χ1n) is 13.2. The summed E-state index contributed by atoms with van der Waals surface area (Å²) in [7, 11) is 1.77. The molecule has 0 aliphatic carbocycles. The highest BCUT2D eigenvalue weighted by molar-refractivity contribution is 7.98. The molecule has 2 aliphatic rings. The number of hydrogen-bond donors (Lipinski definition) is 2. The largest absolute Gasteiger partial charge is 0.484 e. The summed E-state index contributed by atoms with van der Waals surface area (Å²) < 4.78 is 17.7. The number of methoxy groups -OCH3 is 1. The lowest BCUT2D eigenvalue weighted by atomic mass is 9.99. The zero-order valence-corrected chi connectivity index (χ0v) is 24.4. The molecular weight excluding hydrogens is 526 g/mol. The number of carbonyl (C=O) groups is 1. The molecular formula is C28H38ClN3O5S. The Labute approximate surface area is 233 Å². The van der Waals surface area contributed by atoms with Gasteiger partial charge in [0.25, 0.3) is 11.5 Å². The van der Waals surface area contributed by atoms with E-state index >= 15 is 0 Å². The number of likely N-dealkylation sites (tertiary alicyclic amines) is 1. The lowest BCUT2D eigenvalue weighted by Gasteiger charge is -2.43. The maximum atomic E-state index is 13.2. The quantitative estimate of drug-likeness (QED) is 0.382. The van der Waals surface area contributed by atoms with Crippen LogP contribution in [0.2, 0.25) is 5.02 Å². The van der Waals surface area contributed by atoms with Crippen molar-refractivity contribution in [3.05, 3.63) is 49.9 Å². The number of aryl methyl sites for hydroxylation is 1. The van der Waals surface area contributed by atoms with Crippen LogP contribution in [0.25, 0.3) is 0 Å². The predicted octanol–water partition coefficient (Wildman–Crippen LogP) is 4.72. The molecule has 2 N–H and O–H groups in total. The third-order valence-corrected chi connectivity index (χ3v) is 8.60. The van der Waals surface area contributed by atoms with Crippen molar-refractivity contribution in [1.29, 1.82) is 0 Å². The SMILES string of the molecule is CCC(CCCC1COc2c(Cl)cc(C(=O)NCc3c(SC)cc(C)[nH]c3=O)c(C)c2O1)N1CC(OC)C1. The standard InChI is InChI=1S/C28H38ClN3O5S/c1-6-18(32-13-20(14-32)35-4)8-7-9-19-15-36-26-23(29)11-21(17(3)25(26)37-19)27(33)30-12-22-24(38-5)10-16(2)31-28(22)34/h10-11,18-20H,6-9,12-15H2,1-5H3,(H,30,33)(H,31,34). The molecule has 10 heteroatoms. The molecule has 2 aromatic rings. The van der Waals surface area contributed by atoms with Crippen molar-refractivity contribution in [3.63, 3.8) is 0 Å². The number of aromatic nitrogens is 1. The van der Waals surface area contributed by atoms with E-state index in [0.29, 0.717) is 52.0 Å². The molecule has 0 bridgehead atoms. The van der Waals surface area contributed by atoms with Gasteiger partial charge in [0.05, 0.1) is 11.1 Å². The Morgan fingerprint density at radius 1 is 1.32 bits per heavy atom. The molecule has 0 spiro atoms. The molecule has 4 rings (SSSR count). The molecule has 1 saturated heterocycles. The van der Waals surface area contributed by atoms with Crippen LogP contribution in [0, 0.1) is 13.8 Å². The van der Waals surface area contributed by atoms with Crippen molar-refractivity contribution in [1.82, 2.24) is 15.2 Å². The van der Waals surface area contributed by atoms with E-state index in [-0.39, 0.29) is 24.1 Å². The fraction of sp³-hybridized carbons (Fsp3) is 0.571. The summed E-state index contributed by atoms with van der Waals surface area (Å²) in [6.07, 6.45) is 6.25. The van der Waals surface area contributed by atoms with Gasteiger partial charge in [-0.25, -0.2) is 0 Å². The molecule has 0 radical (unpaired) electrons. The third-order valence-electron chi connectivity index (χ3n) is 7.52. The highest BCUT2D eigenvalue weighted by Gasteiger charge is 2.32. The highest BCUT2D eigenvalue weighted by atomic mass is 35.5. The van der Waals surface area contributed by atoms with E-state index in [4.69, 9.17) is 25.8 Å². The van der Waals surface area contributed by atoms with Gasteiger partial charge in [0.2, 0.25) is 0 Å². The summed E-state index contributed by atoms with van der Waals surface area (Å²) in [5, 5.41) is 3.21. The molecule has 1 aromatic heterocycles. The molecule has 1 aromatic carbocycles. The number of ether oxygens (including phenoxy) is 3. The van der Waals surface area contributed by atoms with E-state index in [1.165, 1.54) is 11.8 Å². The number of amides is 1. The molecule has 0 saturated carbocycles. The number of carbonyl (C=O) groups excluding carboxylic acids is 1. The van der Waals surface area contributed by atoms with Crippen LogP contribution in [0.15, 0.2) is 21.8 Å². The smallest absolute Gasteiger partial charge is 0.254 e. The number of halogens is 1. The van der Waals surface area contributed by atoms with Crippen LogP contribution in [-0.4, -0.2) is 67.1 Å². The minimum absolute atomic E-state index is 0.105. The van der Waals surface area contributed by atoms with Gasteiger partial charge in [-0.1, -0.05) is 18.5 Å². The summed E-state index contributed by atoms with van der Waals surface area (Å²) >= 11 is 7.98. The van der Waals surface area contributed by atoms with Crippen molar-refractivity contribution in [3.8, 4) is 11.5 Å². The van der Waals surface area contributed by atoms with Gasteiger partial charge in [0.1, 0.15) is 12.7 Å². The van der Waals surface area contributed by atoms with Gasteiger partial charge in [0, 0.05) is 60.1 Å². The van der Waals surface area contributed by atoms with Crippen LogP contribution < -0.4 is 20.3 Å². The number of fused-ring (bicyclic) bond motifs is 1. The molecule has 1 amide bonds. The zero-order valence-electron chi connectivity index (χ0n) is 22.8. The second-order valence-corrected chi connectivity index (χ2v) is 11.3. The Bertz CT molecular complexity index is 1210. The van der Waals surface area contributed by atoms with Crippen LogP contribution in [0.3, 0.4) is 0 Å². The molecule has 8 nitrogen and oxygen atoms in total. The number of benzene rings is 1. The molecule has 3 heterocycles. The fourth-order valence-corrected chi connectivity index (χ4v) is 6.13. The molecule has 2 atom stereocenters. The first-order valence-corrected chi connectivity index (χ1v) is 14.8. The van der Waals surface area contributed by atoms with Gasteiger partial charge >= 0.3 is 0 Å². The van der Waals surface area contributed by atoms with Crippen molar-refractivity contribution < 1.29 is 19.0 Å². The summed E-state index contributed by atoms with van der Waals surface area (Å²) in [4.78, 5) is 31.8.